The van der Waals surface area contributed by atoms with Gasteiger partial charge in [0.25, 0.3) is 0 Å². The summed E-state index contributed by atoms with van der Waals surface area (Å²) in [6.07, 6.45) is 4.04. The normalized spacial score (nSPS) is 12.4. The van der Waals surface area contributed by atoms with E-state index in [1.165, 1.54) is 5.56 Å². The van der Waals surface area contributed by atoms with E-state index in [0.717, 1.165) is 24.4 Å². The number of hydrogen-bond acceptors (Lipinski definition) is 1. The molecule has 0 aliphatic rings. The van der Waals surface area contributed by atoms with Gasteiger partial charge in [-0.1, -0.05) is 36.7 Å². The summed E-state index contributed by atoms with van der Waals surface area (Å²) in [6.45, 7) is 6.83. The molecule has 0 aromatic heterocycles. The topological polar surface area (TPSA) is 12.0 Å². The minimum Gasteiger partial charge on any atom is -0.310 e. The number of allylic oxidation sites excluding steroid dienone is 1. The van der Waals surface area contributed by atoms with Crippen molar-refractivity contribution in [2.45, 2.75) is 25.8 Å². The molecular weight excluding hydrogens is 206 g/mol. The summed E-state index contributed by atoms with van der Waals surface area (Å²) in [5, 5.41) is 4.25. The van der Waals surface area contributed by atoms with Crippen LogP contribution >= 0.6 is 11.6 Å². The van der Waals surface area contributed by atoms with Gasteiger partial charge in [0.1, 0.15) is 0 Å². The lowest BCUT2D eigenvalue weighted by Gasteiger charge is -2.17. The molecule has 82 valence electrons. The average Bonchev–Trinajstić information content (AvgIpc) is 2.24. The summed E-state index contributed by atoms with van der Waals surface area (Å²) in [5.41, 5.74) is 1.26. The van der Waals surface area contributed by atoms with Crippen LogP contribution in [-0.4, -0.2) is 6.54 Å². The van der Waals surface area contributed by atoms with Crippen molar-refractivity contribution in [1.82, 2.24) is 5.32 Å². The molecule has 2 heteroatoms. The molecule has 1 nitrogen and oxygen atoms in total. The van der Waals surface area contributed by atoms with E-state index in [0.29, 0.717) is 6.04 Å². The third-order valence-corrected chi connectivity index (χ3v) is 2.60. The Morgan fingerprint density at radius 3 is 2.93 bits per heavy atom. The van der Waals surface area contributed by atoms with Crippen LogP contribution in [0.4, 0.5) is 0 Å². The van der Waals surface area contributed by atoms with Crippen molar-refractivity contribution in [2.75, 3.05) is 6.54 Å². The first-order valence-corrected chi connectivity index (χ1v) is 5.75. The number of nitrogens with one attached hydrogen (secondary N) is 1. The molecule has 1 N–H and O–H groups in total. The smallest absolute Gasteiger partial charge is 0.0409 e. The van der Waals surface area contributed by atoms with E-state index >= 15 is 0 Å². The van der Waals surface area contributed by atoms with Crippen LogP contribution in [0, 0.1) is 0 Å². The van der Waals surface area contributed by atoms with Crippen LogP contribution in [0.25, 0.3) is 0 Å². The fourth-order valence-electron chi connectivity index (χ4n) is 1.64. The summed E-state index contributed by atoms with van der Waals surface area (Å²) in [7, 11) is 0. The summed E-state index contributed by atoms with van der Waals surface area (Å²) < 4.78 is 0. The van der Waals surface area contributed by atoms with Crippen molar-refractivity contribution in [2.24, 2.45) is 0 Å². The summed E-state index contributed by atoms with van der Waals surface area (Å²) in [4.78, 5) is 0. The monoisotopic (exact) mass is 223 g/mol. The molecule has 0 heterocycles. The first kappa shape index (κ1) is 12.3. The summed E-state index contributed by atoms with van der Waals surface area (Å²) in [5.74, 6) is 0. The van der Waals surface area contributed by atoms with Crippen LogP contribution in [0.2, 0.25) is 5.02 Å². The molecule has 1 aromatic rings. The molecule has 0 bridgehead atoms. The maximum atomic E-state index is 5.98. The Morgan fingerprint density at radius 1 is 1.53 bits per heavy atom. The zero-order chi connectivity index (χ0) is 11.1. The van der Waals surface area contributed by atoms with Gasteiger partial charge in [-0.3, -0.25) is 0 Å². The van der Waals surface area contributed by atoms with Crippen molar-refractivity contribution in [1.29, 1.82) is 0 Å². The first-order valence-electron chi connectivity index (χ1n) is 5.37. The molecule has 1 aromatic carbocycles. The van der Waals surface area contributed by atoms with Crippen LogP contribution in [0.15, 0.2) is 36.9 Å². The second-order valence-corrected chi connectivity index (χ2v) is 3.97. The SMILES string of the molecule is C=CCCC(NCC)c1cccc(Cl)c1. The van der Waals surface area contributed by atoms with Gasteiger partial charge in [-0.25, -0.2) is 0 Å². The molecule has 0 saturated carbocycles. The van der Waals surface area contributed by atoms with Crippen LogP contribution in [-0.2, 0) is 0 Å². The molecule has 0 amide bonds. The highest BCUT2D eigenvalue weighted by Crippen LogP contribution is 2.21. The van der Waals surface area contributed by atoms with Crippen LogP contribution in [0.5, 0.6) is 0 Å². The largest absolute Gasteiger partial charge is 0.310 e. The quantitative estimate of drug-likeness (QED) is 0.720. The van der Waals surface area contributed by atoms with Gasteiger partial charge in [-0.15, -0.1) is 6.58 Å². The van der Waals surface area contributed by atoms with Crippen molar-refractivity contribution < 1.29 is 0 Å². The van der Waals surface area contributed by atoms with E-state index in [-0.39, 0.29) is 0 Å². The second-order valence-electron chi connectivity index (χ2n) is 3.53. The number of benzene rings is 1. The molecule has 15 heavy (non-hydrogen) atoms. The Labute approximate surface area is 97.1 Å². The van der Waals surface area contributed by atoms with Crippen LogP contribution in [0.1, 0.15) is 31.4 Å². The fourth-order valence-corrected chi connectivity index (χ4v) is 1.84. The van der Waals surface area contributed by atoms with Crippen LogP contribution in [0.3, 0.4) is 0 Å². The Balaban J connectivity index is 2.73. The van der Waals surface area contributed by atoms with E-state index in [2.05, 4.69) is 24.9 Å². The van der Waals surface area contributed by atoms with Gasteiger partial charge >= 0.3 is 0 Å². The van der Waals surface area contributed by atoms with Gasteiger partial charge < -0.3 is 5.32 Å². The molecule has 0 saturated heterocycles. The highest BCUT2D eigenvalue weighted by molar-refractivity contribution is 6.30. The van der Waals surface area contributed by atoms with Gasteiger partial charge in [0.15, 0.2) is 0 Å². The van der Waals surface area contributed by atoms with E-state index in [9.17, 15) is 0 Å². The molecule has 1 unspecified atom stereocenters. The Morgan fingerprint density at radius 2 is 2.33 bits per heavy atom. The van der Waals surface area contributed by atoms with Gasteiger partial charge in [0, 0.05) is 11.1 Å². The highest BCUT2D eigenvalue weighted by atomic mass is 35.5. The van der Waals surface area contributed by atoms with E-state index < -0.39 is 0 Å². The Hall–Kier alpha value is -0.790. The lowest BCUT2D eigenvalue weighted by atomic mass is 10.0. The zero-order valence-electron chi connectivity index (χ0n) is 9.17. The maximum Gasteiger partial charge on any atom is 0.0409 e. The minimum atomic E-state index is 0.381. The number of hydrogen-bond donors (Lipinski definition) is 1. The van der Waals surface area contributed by atoms with E-state index in [1.807, 2.05) is 24.3 Å². The summed E-state index contributed by atoms with van der Waals surface area (Å²) >= 11 is 5.98. The maximum absolute atomic E-state index is 5.98. The minimum absolute atomic E-state index is 0.381. The molecule has 0 radical (unpaired) electrons. The number of rotatable bonds is 6. The molecule has 0 aliphatic carbocycles. The number of halogens is 1. The van der Waals surface area contributed by atoms with Gasteiger partial charge in [0.2, 0.25) is 0 Å². The van der Waals surface area contributed by atoms with Crippen LogP contribution < -0.4 is 5.32 Å². The van der Waals surface area contributed by atoms with E-state index in [1.54, 1.807) is 0 Å². The van der Waals surface area contributed by atoms with Crippen molar-refractivity contribution >= 4 is 11.6 Å². The molecule has 0 fully saturated rings. The molecule has 1 rings (SSSR count). The van der Waals surface area contributed by atoms with Crippen molar-refractivity contribution in [3.63, 3.8) is 0 Å². The average molecular weight is 224 g/mol. The standard InChI is InChI=1S/C13H18ClN/c1-3-5-9-13(15-4-2)11-7-6-8-12(14)10-11/h3,6-8,10,13,15H,1,4-5,9H2,2H3. The Kier molecular flexibility index (Phi) is 5.44. The molecule has 0 spiro atoms. The van der Waals surface area contributed by atoms with E-state index in [4.69, 9.17) is 11.6 Å². The predicted molar refractivity (Wildman–Crippen MR) is 67.3 cm³/mol. The van der Waals surface area contributed by atoms with Gasteiger partial charge in [0.05, 0.1) is 0 Å². The summed E-state index contributed by atoms with van der Waals surface area (Å²) in [6, 6.07) is 8.42. The van der Waals surface area contributed by atoms with Crippen molar-refractivity contribution in [3.05, 3.63) is 47.5 Å². The predicted octanol–water partition coefficient (Wildman–Crippen LogP) is 3.96. The molecule has 0 aliphatic heterocycles. The second kappa shape index (κ2) is 6.65. The van der Waals surface area contributed by atoms with Gasteiger partial charge in [-0.2, -0.15) is 0 Å². The lowest BCUT2D eigenvalue weighted by Crippen LogP contribution is -2.20. The first-order chi connectivity index (χ1) is 7.27. The molecule has 1 atom stereocenters. The Bertz CT molecular complexity index is 309. The highest BCUT2D eigenvalue weighted by Gasteiger charge is 2.08. The lowest BCUT2D eigenvalue weighted by molar-refractivity contribution is 0.520. The third kappa shape index (κ3) is 4.06. The zero-order valence-corrected chi connectivity index (χ0v) is 9.93. The molecular formula is C13H18ClN. The van der Waals surface area contributed by atoms with Crippen molar-refractivity contribution in [3.8, 4) is 0 Å². The fraction of sp³-hybridized carbons (Fsp3) is 0.385. The third-order valence-electron chi connectivity index (χ3n) is 2.36. The van der Waals surface area contributed by atoms with Gasteiger partial charge in [-0.05, 0) is 37.1 Å².